The molecule has 0 spiro atoms. The number of hydrogen-bond acceptors (Lipinski definition) is 7. The summed E-state index contributed by atoms with van der Waals surface area (Å²) in [5.74, 6) is 1.55. The first-order valence-corrected chi connectivity index (χ1v) is 8.71. The van der Waals surface area contributed by atoms with Crippen LogP contribution in [0.3, 0.4) is 0 Å². The van der Waals surface area contributed by atoms with Gasteiger partial charge >= 0.3 is 0 Å². The zero-order valence-corrected chi connectivity index (χ0v) is 15.1. The van der Waals surface area contributed by atoms with Crippen LogP contribution in [0.2, 0.25) is 0 Å². The van der Waals surface area contributed by atoms with Gasteiger partial charge in [0.05, 0.1) is 25.5 Å². The van der Waals surface area contributed by atoms with Crippen molar-refractivity contribution in [2.75, 3.05) is 25.3 Å². The van der Waals surface area contributed by atoms with Gasteiger partial charge in [0.1, 0.15) is 11.5 Å². The summed E-state index contributed by atoms with van der Waals surface area (Å²) in [4.78, 5) is 12.0. The summed E-state index contributed by atoms with van der Waals surface area (Å²) in [6, 6.07) is 14.5. The van der Waals surface area contributed by atoms with Crippen LogP contribution in [-0.2, 0) is 4.79 Å². The molecule has 3 aromatic rings. The zero-order valence-electron chi connectivity index (χ0n) is 14.3. The number of ether oxygens (including phenoxy) is 2. The van der Waals surface area contributed by atoms with Crippen LogP contribution in [-0.4, -0.2) is 36.1 Å². The summed E-state index contributed by atoms with van der Waals surface area (Å²) in [5.41, 5.74) is 1.40. The van der Waals surface area contributed by atoms with Crippen molar-refractivity contribution in [3.8, 4) is 23.0 Å². The second-order valence-electron chi connectivity index (χ2n) is 5.14. The average molecular weight is 371 g/mol. The van der Waals surface area contributed by atoms with Gasteiger partial charge < -0.3 is 19.2 Å². The lowest BCUT2D eigenvalue weighted by Gasteiger charge is -2.07. The molecule has 7 nitrogen and oxygen atoms in total. The summed E-state index contributed by atoms with van der Waals surface area (Å²) in [7, 11) is 3.13. The Kier molecular flexibility index (Phi) is 5.75. The van der Waals surface area contributed by atoms with Gasteiger partial charge in [0.25, 0.3) is 11.1 Å². The van der Waals surface area contributed by atoms with E-state index >= 15 is 0 Å². The molecule has 0 unspecified atom stereocenters. The third-order valence-electron chi connectivity index (χ3n) is 3.43. The predicted octanol–water partition coefficient (Wildman–Crippen LogP) is 3.48. The van der Waals surface area contributed by atoms with E-state index in [2.05, 4.69) is 15.5 Å². The van der Waals surface area contributed by atoms with Gasteiger partial charge in [-0.2, -0.15) is 0 Å². The molecule has 2 aromatic carbocycles. The van der Waals surface area contributed by atoms with Crippen LogP contribution in [0, 0.1) is 0 Å². The maximum absolute atomic E-state index is 12.0. The van der Waals surface area contributed by atoms with E-state index in [1.807, 2.05) is 30.3 Å². The highest BCUT2D eigenvalue weighted by Gasteiger charge is 2.15. The Morgan fingerprint density at radius 2 is 1.92 bits per heavy atom. The highest BCUT2D eigenvalue weighted by molar-refractivity contribution is 7.99. The molecule has 0 saturated heterocycles. The fourth-order valence-corrected chi connectivity index (χ4v) is 2.76. The molecule has 0 saturated carbocycles. The van der Waals surface area contributed by atoms with E-state index < -0.39 is 0 Å². The fraction of sp³-hybridized carbons (Fsp3) is 0.167. The summed E-state index contributed by atoms with van der Waals surface area (Å²) in [6.07, 6.45) is 0. The van der Waals surface area contributed by atoms with Crippen LogP contribution in [0.25, 0.3) is 11.5 Å². The van der Waals surface area contributed by atoms with E-state index in [1.165, 1.54) is 11.8 Å². The number of nitrogens with zero attached hydrogens (tertiary/aromatic N) is 2. The van der Waals surface area contributed by atoms with Crippen LogP contribution < -0.4 is 14.8 Å². The Hall–Kier alpha value is -3.00. The number of hydrogen-bond donors (Lipinski definition) is 1. The molecule has 0 aliphatic rings. The Balaban J connectivity index is 1.64. The van der Waals surface area contributed by atoms with Gasteiger partial charge in [0.15, 0.2) is 0 Å². The van der Waals surface area contributed by atoms with Crippen molar-refractivity contribution in [3.63, 3.8) is 0 Å². The number of rotatable bonds is 7. The van der Waals surface area contributed by atoms with Crippen molar-refractivity contribution in [3.05, 3.63) is 48.5 Å². The molecule has 3 rings (SSSR count). The van der Waals surface area contributed by atoms with Crippen molar-refractivity contribution >= 4 is 23.4 Å². The van der Waals surface area contributed by atoms with Gasteiger partial charge in [-0.1, -0.05) is 30.0 Å². The second-order valence-corrected chi connectivity index (χ2v) is 6.07. The highest BCUT2D eigenvalue weighted by atomic mass is 32.2. The molecule has 8 heteroatoms. The monoisotopic (exact) mass is 371 g/mol. The van der Waals surface area contributed by atoms with E-state index in [9.17, 15) is 4.79 Å². The minimum absolute atomic E-state index is 0.150. The lowest BCUT2D eigenvalue weighted by Crippen LogP contribution is -2.13. The number of carbonyl (C=O) groups is 1. The first-order chi connectivity index (χ1) is 12.7. The fourth-order valence-electron chi connectivity index (χ4n) is 2.20. The number of amides is 1. The molecule has 26 heavy (non-hydrogen) atoms. The standard InChI is InChI=1S/C18H17N3O4S/c1-23-13-8-9-14(15(10-13)24-2)17-20-21-18(25-17)26-11-16(22)19-12-6-4-3-5-7-12/h3-10H,11H2,1-2H3,(H,19,22). The van der Waals surface area contributed by atoms with E-state index in [1.54, 1.807) is 32.4 Å². The van der Waals surface area contributed by atoms with E-state index in [-0.39, 0.29) is 11.7 Å². The average Bonchev–Trinajstić information content (AvgIpc) is 3.15. The number of anilines is 1. The van der Waals surface area contributed by atoms with Gasteiger partial charge in [0, 0.05) is 11.8 Å². The van der Waals surface area contributed by atoms with Gasteiger partial charge in [-0.25, -0.2) is 0 Å². The van der Waals surface area contributed by atoms with E-state index in [4.69, 9.17) is 13.9 Å². The molecule has 1 N–H and O–H groups in total. The number of benzene rings is 2. The molecule has 0 aliphatic carbocycles. The normalized spacial score (nSPS) is 10.4. The molecule has 0 aliphatic heterocycles. The molecule has 0 fully saturated rings. The van der Waals surface area contributed by atoms with Gasteiger partial charge in [-0.05, 0) is 24.3 Å². The van der Waals surface area contributed by atoms with E-state index in [0.717, 1.165) is 5.69 Å². The summed E-state index contributed by atoms with van der Waals surface area (Å²) >= 11 is 1.17. The van der Waals surface area contributed by atoms with Crippen molar-refractivity contribution < 1.29 is 18.7 Å². The smallest absolute Gasteiger partial charge is 0.277 e. The number of aromatic nitrogens is 2. The van der Waals surface area contributed by atoms with Crippen LogP contribution in [0.15, 0.2) is 58.2 Å². The van der Waals surface area contributed by atoms with Gasteiger partial charge in [0.2, 0.25) is 5.91 Å². The van der Waals surface area contributed by atoms with Crippen LogP contribution >= 0.6 is 11.8 Å². The zero-order chi connectivity index (χ0) is 18.4. The Morgan fingerprint density at radius 1 is 1.12 bits per heavy atom. The first kappa shape index (κ1) is 17.8. The predicted molar refractivity (Wildman–Crippen MR) is 98.6 cm³/mol. The van der Waals surface area contributed by atoms with Crippen LogP contribution in [0.4, 0.5) is 5.69 Å². The minimum Gasteiger partial charge on any atom is -0.497 e. The maximum Gasteiger partial charge on any atom is 0.277 e. The third kappa shape index (κ3) is 4.34. The molecule has 1 amide bonds. The molecular weight excluding hydrogens is 354 g/mol. The molecular formula is C18H17N3O4S. The minimum atomic E-state index is -0.150. The molecule has 1 aromatic heterocycles. The van der Waals surface area contributed by atoms with Crippen LogP contribution in [0.1, 0.15) is 0 Å². The number of methoxy groups -OCH3 is 2. The SMILES string of the molecule is COc1ccc(-c2nnc(SCC(=O)Nc3ccccc3)o2)c(OC)c1. The number of para-hydroxylation sites is 1. The quantitative estimate of drug-likeness (QED) is 0.636. The van der Waals surface area contributed by atoms with E-state index in [0.29, 0.717) is 28.2 Å². The van der Waals surface area contributed by atoms with Crippen molar-refractivity contribution in [2.24, 2.45) is 0 Å². The molecule has 0 radical (unpaired) electrons. The number of nitrogens with one attached hydrogen (secondary N) is 1. The number of thioether (sulfide) groups is 1. The van der Waals surface area contributed by atoms with Gasteiger partial charge in [-0.3, -0.25) is 4.79 Å². The Labute approximate surface area is 154 Å². The highest BCUT2D eigenvalue weighted by Crippen LogP contribution is 2.33. The van der Waals surface area contributed by atoms with Crippen molar-refractivity contribution in [1.29, 1.82) is 0 Å². The molecule has 0 atom stereocenters. The summed E-state index contributed by atoms with van der Waals surface area (Å²) in [5, 5.41) is 11.1. The van der Waals surface area contributed by atoms with Crippen LogP contribution in [0.5, 0.6) is 11.5 Å². The second kappa shape index (κ2) is 8.39. The van der Waals surface area contributed by atoms with Crippen molar-refractivity contribution in [1.82, 2.24) is 10.2 Å². The summed E-state index contributed by atoms with van der Waals surface area (Å²) in [6.45, 7) is 0. The topological polar surface area (TPSA) is 86.5 Å². The lowest BCUT2D eigenvalue weighted by atomic mass is 10.2. The lowest BCUT2D eigenvalue weighted by molar-refractivity contribution is -0.113. The Morgan fingerprint density at radius 3 is 2.65 bits per heavy atom. The molecule has 134 valence electrons. The first-order valence-electron chi connectivity index (χ1n) is 7.73. The van der Waals surface area contributed by atoms with Gasteiger partial charge in [-0.15, -0.1) is 10.2 Å². The summed E-state index contributed by atoms with van der Waals surface area (Å²) < 4.78 is 16.1. The maximum atomic E-state index is 12.0. The third-order valence-corrected chi connectivity index (χ3v) is 4.25. The number of carbonyl (C=O) groups excluding carboxylic acids is 1. The Bertz CT molecular complexity index is 883. The molecule has 0 bridgehead atoms. The van der Waals surface area contributed by atoms with Crippen molar-refractivity contribution in [2.45, 2.75) is 5.22 Å². The largest absolute Gasteiger partial charge is 0.497 e. The molecule has 1 heterocycles.